The first-order chi connectivity index (χ1) is 52.4. The minimum atomic E-state index is -4.82. The van der Waals surface area contributed by atoms with Gasteiger partial charge in [0.15, 0.2) is 0 Å². The molecule has 2 aromatic carbocycles. The van der Waals surface area contributed by atoms with Gasteiger partial charge in [0.05, 0.1) is 43.9 Å². The number of likely N-dealkylation sites (N-methyl/N-ethyl adjacent to an activating group) is 7. The van der Waals surface area contributed by atoms with Crippen LogP contribution >= 0.6 is 0 Å². The first-order valence-electron chi connectivity index (χ1n) is 38.9. The van der Waals surface area contributed by atoms with Gasteiger partial charge < -0.3 is 69.1 Å². The van der Waals surface area contributed by atoms with E-state index in [0.29, 0.717) is 70.9 Å². The molecular formula is C79H112F6N12O14. The number of hydrogen-bond donors (Lipinski definition) is 2. The van der Waals surface area contributed by atoms with Crippen molar-refractivity contribution >= 4 is 70.9 Å². The van der Waals surface area contributed by atoms with Gasteiger partial charge in [-0.15, -0.1) is 0 Å². The normalized spacial score (nSPS) is 26.6. The zero-order chi connectivity index (χ0) is 81.7. The molecule has 614 valence electrons. The van der Waals surface area contributed by atoms with E-state index in [1.165, 1.54) is 84.8 Å². The second kappa shape index (κ2) is 38.1. The first-order valence-corrected chi connectivity index (χ1v) is 38.9. The lowest BCUT2D eigenvalue weighted by atomic mass is 9.73. The van der Waals surface area contributed by atoms with E-state index in [1.54, 1.807) is 44.7 Å². The highest BCUT2D eigenvalue weighted by Gasteiger charge is 2.57. The molecule has 0 radical (unpaired) electrons. The molecule has 0 aromatic heterocycles. The van der Waals surface area contributed by atoms with Crippen molar-refractivity contribution in [3.05, 3.63) is 76.9 Å². The molecule has 2 saturated carbocycles. The maximum absolute atomic E-state index is 15.9. The molecule has 8 rings (SSSR count). The van der Waals surface area contributed by atoms with Crippen molar-refractivity contribution in [2.24, 2.45) is 11.8 Å². The van der Waals surface area contributed by atoms with Crippen LogP contribution in [0.1, 0.15) is 166 Å². The molecule has 2 aliphatic carbocycles. The number of ether oxygens (including phenoxy) is 2. The third-order valence-electron chi connectivity index (χ3n) is 23.6. The van der Waals surface area contributed by atoms with Gasteiger partial charge in [0.25, 0.3) is 0 Å². The molecular weight excluding hydrogens is 1450 g/mol. The zero-order valence-electron chi connectivity index (χ0n) is 66.1. The second-order valence-electron chi connectivity index (χ2n) is 30.8. The predicted molar refractivity (Wildman–Crippen MR) is 397 cm³/mol. The van der Waals surface area contributed by atoms with Crippen LogP contribution in [0.5, 0.6) is 5.75 Å². The van der Waals surface area contributed by atoms with Gasteiger partial charge in [-0.25, -0.2) is 0 Å². The SMILES string of the molecule is CCC[C@H]1C(=O)N[C@@H]([C@@H](C)CC)C(=O)N(C)CC(=O)N(C)[C@H]2C/C=C\CCN(C2=O)[C@@H](Cc2ccc(C(F)(F)F)cc2)C(=O)N(C)CC(=O)N[C@@H](CCc2ccc(C(F)(F)F)c(OC)c2)C(=O)N2C[C@H](OCC)C[C@H]2C(=O)N(C)C2(CCC2)C(=O)N(C)[C@@H](C2CCCC2)C(=O)N(C)[C@H](C(=O)N2CCCCC2)CC(=O)N1C. The number of benzene rings is 2. The Morgan fingerprint density at radius 2 is 1.28 bits per heavy atom. The van der Waals surface area contributed by atoms with E-state index in [9.17, 15) is 45.5 Å². The molecule has 2 bridgehead atoms. The molecule has 2 aromatic rings. The van der Waals surface area contributed by atoms with E-state index in [0.717, 1.165) is 64.6 Å². The Kier molecular flexibility index (Phi) is 30.1. The van der Waals surface area contributed by atoms with E-state index in [2.05, 4.69) is 10.6 Å². The van der Waals surface area contributed by atoms with Crippen LogP contribution in [0.25, 0.3) is 0 Å². The maximum Gasteiger partial charge on any atom is 0.419 e. The van der Waals surface area contributed by atoms with Gasteiger partial charge in [0.1, 0.15) is 59.6 Å². The molecule has 1 spiro atoms. The Bertz CT molecular complexity index is 3720. The standard InChI is InChI=1S/C79H112F6N12O14/c1-13-25-57-68(101)87-66(49(4)14-2)74(107)89(6)48-65(100)91(8)58-28-18-16-23-41-96(73(58)106)60(42-50-29-33-53(34-30-50)78(80,81)82)70(103)88(5)47-63(98)86-56(36-32-51-31-35-55(79(83,84)85)62(43-51)110-12)69(102)97-46-54(111-15-3)44-61(97)71(104)94(11)77(37-24-38-77)76(109)93(10)67(52-26-19-20-27-52)75(108)92(9)59(45-64(99)90(57)7)72(105)95-39-21-17-22-40-95/h16,18,29-31,33-35,43,49,52,54,56-61,66-67H,13-15,17,19-28,32,36-42,44-48H2,1-12H3,(H,86,98)(H,87,101)/b18-16-/t49-,54+,56-,57-,58-,59-,60-,61-,66-,67-/m0/s1. The highest BCUT2D eigenvalue weighted by atomic mass is 19.4. The minimum absolute atomic E-state index is 0.0838. The highest BCUT2D eigenvalue weighted by molar-refractivity contribution is 6.01. The first kappa shape index (κ1) is 87.7. The fraction of sp³-hybridized carbons (Fsp3) is 0.671. The van der Waals surface area contributed by atoms with Crippen LogP contribution < -0.4 is 15.4 Å². The van der Waals surface area contributed by atoms with Crippen molar-refractivity contribution in [1.82, 2.24) is 59.6 Å². The van der Waals surface area contributed by atoms with Gasteiger partial charge in [-0.1, -0.05) is 76.8 Å². The number of carbonyl (C=O) groups excluding carboxylic acids is 12. The van der Waals surface area contributed by atoms with Gasteiger partial charge in [-0.05, 0) is 138 Å². The van der Waals surface area contributed by atoms with Crippen molar-refractivity contribution in [3.8, 4) is 5.75 Å². The van der Waals surface area contributed by atoms with Crippen LogP contribution in [0.3, 0.4) is 0 Å². The number of piperidine rings is 1. The molecule has 3 saturated heterocycles. The summed E-state index contributed by atoms with van der Waals surface area (Å²) in [6.07, 6.45) is -2.60. The Labute approximate surface area is 646 Å². The van der Waals surface area contributed by atoms with Crippen LogP contribution in [0.4, 0.5) is 26.3 Å². The summed E-state index contributed by atoms with van der Waals surface area (Å²) in [5.74, 6) is -10.5. The number of nitrogens with zero attached hydrogens (tertiary/aromatic N) is 10. The van der Waals surface area contributed by atoms with Crippen LogP contribution in [-0.4, -0.2) is 282 Å². The lowest BCUT2D eigenvalue weighted by Gasteiger charge is -2.51. The number of halogens is 6. The number of alkyl halides is 6. The van der Waals surface area contributed by atoms with Crippen LogP contribution in [0.15, 0.2) is 54.6 Å². The van der Waals surface area contributed by atoms with Gasteiger partial charge in [-0.3, -0.25) is 57.5 Å². The molecule has 4 heterocycles. The topological polar surface area (TPSA) is 280 Å². The van der Waals surface area contributed by atoms with E-state index >= 15 is 38.4 Å². The van der Waals surface area contributed by atoms with E-state index in [4.69, 9.17) is 9.47 Å². The van der Waals surface area contributed by atoms with Crippen LogP contribution in [0, 0.1) is 11.8 Å². The summed E-state index contributed by atoms with van der Waals surface area (Å²) in [4.78, 5) is 196. The Morgan fingerprint density at radius 1 is 0.631 bits per heavy atom. The second-order valence-corrected chi connectivity index (χ2v) is 30.8. The lowest BCUT2D eigenvalue weighted by molar-refractivity contribution is -0.166. The molecule has 32 heteroatoms. The van der Waals surface area contributed by atoms with E-state index in [-0.39, 0.29) is 82.2 Å². The monoisotopic (exact) mass is 1570 g/mol. The van der Waals surface area contributed by atoms with Gasteiger partial charge >= 0.3 is 12.4 Å². The van der Waals surface area contributed by atoms with Crippen molar-refractivity contribution < 1.29 is 93.4 Å². The van der Waals surface area contributed by atoms with Gasteiger partial charge in [0, 0.05) is 95.0 Å². The number of hydrogen-bond acceptors (Lipinski definition) is 14. The number of amides is 12. The summed E-state index contributed by atoms with van der Waals surface area (Å²) < 4.78 is 96.0. The number of carbonyl (C=O) groups is 12. The Morgan fingerprint density at radius 3 is 1.87 bits per heavy atom. The number of methoxy groups -OCH3 is 1. The van der Waals surface area contributed by atoms with Crippen molar-refractivity contribution in [2.45, 2.75) is 228 Å². The van der Waals surface area contributed by atoms with Crippen molar-refractivity contribution in [2.75, 3.05) is 102 Å². The van der Waals surface area contributed by atoms with E-state index < -0.39 is 198 Å². The molecule has 10 atom stereocenters. The average molecular weight is 1570 g/mol. The molecule has 12 amide bonds. The lowest BCUT2D eigenvalue weighted by Crippen LogP contribution is -2.68. The Balaban J connectivity index is 1.24. The fourth-order valence-electron chi connectivity index (χ4n) is 16.4. The molecule has 6 aliphatic rings. The zero-order valence-corrected chi connectivity index (χ0v) is 66.1. The molecule has 5 fully saturated rings. The molecule has 4 aliphatic heterocycles. The quantitative estimate of drug-likeness (QED) is 0.151. The summed E-state index contributed by atoms with van der Waals surface area (Å²) in [5, 5.41) is 5.59. The maximum atomic E-state index is 15.9. The number of aryl methyl sites for hydroxylation is 1. The van der Waals surface area contributed by atoms with Crippen molar-refractivity contribution in [3.63, 3.8) is 0 Å². The minimum Gasteiger partial charge on any atom is -0.496 e. The molecule has 26 nitrogen and oxygen atoms in total. The largest absolute Gasteiger partial charge is 0.496 e. The number of rotatable bonds is 14. The molecule has 2 N–H and O–H groups in total. The van der Waals surface area contributed by atoms with Gasteiger partial charge in [0.2, 0.25) is 70.9 Å². The van der Waals surface area contributed by atoms with Gasteiger partial charge in [-0.2, -0.15) is 26.3 Å². The van der Waals surface area contributed by atoms with E-state index in [1.807, 2.05) is 0 Å². The van der Waals surface area contributed by atoms with Crippen LogP contribution in [-0.2, 0) is 87.5 Å². The number of likely N-dealkylation sites (tertiary alicyclic amines) is 1. The summed E-state index contributed by atoms with van der Waals surface area (Å²) in [5.41, 5.74) is -3.32. The smallest absolute Gasteiger partial charge is 0.419 e. The highest BCUT2D eigenvalue weighted by Crippen LogP contribution is 2.43. The average Bonchev–Trinajstić information content (AvgIpc) is 1.64. The van der Waals surface area contributed by atoms with Crippen LogP contribution in [0.2, 0.25) is 0 Å². The summed E-state index contributed by atoms with van der Waals surface area (Å²) in [6.45, 7) is 5.88. The predicted octanol–water partition coefficient (Wildman–Crippen LogP) is 6.49. The third kappa shape index (κ3) is 20.5. The summed E-state index contributed by atoms with van der Waals surface area (Å²) in [6, 6.07) is -4.17. The molecule has 0 unspecified atom stereocenters. The number of nitrogens with one attached hydrogen (secondary N) is 2. The summed E-state index contributed by atoms with van der Waals surface area (Å²) in [7, 11) is 10.7. The summed E-state index contributed by atoms with van der Waals surface area (Å²) >= 11 is 0. The fourth-order valence-corrected chi connectivity index (χ4v) is 16.4. The molecule has 111 heavy (non-hydrogen) atoms. The number of fused-ring (bicyclic) bond motifs is 3. The third-order valence-corrected chi connectivity index (χ3v) is 23.6. The Hall–Kier alpha value is -8.84. The van der Waals surface area contributed by atoms with Crippen molar-refractivity contribution in [1.29, 1.82) is 0 Å².